The van der Waals surface area contributed by atoms with Gasteiger partial charge >= 0.3 is 0 Å². The van der Waals surface area contributed by atoms with Crippen molar-refractivity contribution in [1.29, 1.82) is 5.26 Å². The van der Waals surface area contributed by atoms with Crippen LogP contribution >= 0.6 is 0 Å². The number of nitriles is 1. The molecule has 32 heavy (non-hydrogen) atoms. The van der Waals surface area contributed by atoms with Crippen LogP contribution in [0.3, 0.4) is 0 Å². The lowest BCUT2D eigenvalue weighted by atomic mass is 10.1. The minimum Gasteiger partial charge on any atom is -0.368 e. The van der Waals surface area contributed by atoms with Gasteiger partial charge < -0.3 is 20.9 Å². The van der Waals surface area contributed by atoms with Crippen molar-refractivity contribution >= 4 is 11.8 Å². The Balaban J connectivity index is 1.44. The molecule has 8 nitrogen and oxygen atoms in total. The molecule has 0 aliphatic carbocycles. The highest BCUT2D eigenvalue weighted by atomic mass is 16.2. The summed E-state index contributed by atoms with van der Waals surface area (Å²) in [4.78, 5) is 28.2. The number of rotatable bonds is 11. The van der Waals surface area contributed by atoms with Gasteiger partial charge in [-0.2, -0.15) is 5.26 Å². The van der Waals surface area contributed by atoms with Crippen molar-refractivity contribution < 1.29 is 9.59 Å². The van der Waals surface area contributed by atoms with Gasteiger partial charge in [-0.25, -0.2) is 4.98 Å². The van der Waals surface area contributed by atoms with Gasteiger partial charge in [0.05, 0.1) is 23.7 Å². The van der Waals surface area contributed by atoms with Gasteiger partial charge in [-0.05, 0) is 23.3 Å². The third kappa shape index (κ3) is 6.79. The molecule has 0 aliphatic rings. The van der Waals surface area contributed by atoms with Crippen LogP contribution in [0.4, 0.5) is 0 Å². The van der Waals surface area contributed by atoms with Gasteiger partial charge in [-0.15, -0.1) is 0 Å². The summed E-state index contributed by atoms with van der Waals surface area (Å²) in [6.45, 7) is 1.64. The second-order valence-electron chi connectivity index (χ2n) is 7.46. The van der Waals surface area contributed by atoms with E-state index < -0.39 is 11.9 Å². The Kier molecular flexibility index (Phi) is 8.12. The maximum absolute atomic E-state index is 12.3. The minimum atomic E-state index is -0.737. The topological polar surface area (TPSA) is 126 Å². The van der Waals surface area contributed by atoms with Gasteiger partial charge in [-0.3, -0.25) is 9.59 Å². The first kappa shape index (κ1) is 22.7. The van der Waals surface area contributed by atoms with Crippen molar-refractivity contribution in [2.24, 2.45) is 5.73 Å². The van der Waals surface area contributed by atoms with Crippen molar-refractivity contribution in [3.8, 4) is 6.07 Å². The lowest BCUT2D eigenvalue weighted by molar-refractivity contribution is -0.127. The number of imidazole rings is 1. The molecule has 0 unspecified atom stereocenters. The number of amides is 2. The Bertz CT molecular complexity index is 1070. The molecule has 0 spiro atoms. The van der Waals surface area contributed by atoms with Crippen molar-refractivity contribution in [1.82, 2.24) is 20.2 Å². The molecule has 0 saturated carbocycles. The second-order valence-corrected chi connectivity index (χ2v) is 7.46. The van der Waals surface area contributed by atoms with Gasteiger partial charge in [0, 0.05) is 38.7 Å². The quantitative estimate of drug-likeness (QED) is 0.398. The molecule has 1 atom stereocenters. The van der Waals surface area contributed by atoms with Crippen LogP contribution in [0, 0.1) is 11.3 Å². The average Bonchev–Trinajstić information content (AvgIpc) is 3.24. The Morgan fingerprint density at radius 3 is 2.53 bits per heavy atom. The van der Waals surface area contributed by atoms with Gasteiger partial charge in [-0.1, -0.05) is 42.5 Å². The zero-order valence-electron chi connectivity index (χ0n) is 17.7. The van der Waals surface area contributed by atoms with Gasteiger partial charge in [0.15, 0.2) is 0 Å². The Labute approximate surface area is 187 Å². The molecule has 1 heterocycles. The Hall–Kier alpha value is -3.96. The monoisotopic (exact) mass is 430 g/mol. The maximum Gasteiger partial charge on any atom is 0.240 e. The molecular weight excluding hydrogens is 404 g/mol. The molecular formula is C24H26N6O2. The fraction of sp³-hybridized carbons (Fsp3) is 0.250. The molecule has 8 heteroatoms. The number of carbonyl (C=O) groups excluding carboxylic acids is 2. The van der Waals surface area contributed by atoms with Crippen LogP contribution in [0.15, 0.2) is 67.1 Å². The highest BCUT2D eigenvalue weighted by molar-refractivity contribution is 5.86. The first-order valence-electron chi connectivity index (χ1n) is 10.4. The SMILES string of the molecule is N#Cc1ccc(Cn2cncc2CNCCC(=O)N[C@@H](Cc2ccccc2)C(N)=O)cc1. The summed E-state index contributed by atoms with van der Waals surface area (Å²) < 4.78 is 2.01. The van der Waals surface area contributed by atoms with Crippen LogP contribution < -0.4 is 16.4 Å². The molecule has 3 rings (SSSR count). The zero-order chi connectivity index (χ0) is 22.8. The van der Waals surface area contributed by atoms with Crippen LogP contribution in [0.25, 0.3) is 0 Å². The predicted molar refractivity (Wildman–Crippen MR) is 120 cm³/mol. The second kappa shape index (κ2) is 11.4. The van der Waals surface area contributed by atoms with Crippen LogP contribution in [-0.4, -0.2) is 34.0 Å². The number of hydrogen-bond donors (Lipinski definition) is 3. The number of aromatic nitrogens is 2. The average molecular weight is 431 g/mol. The summed E-state index contributed by atoms with van der Waals surface area (Å²) in [7, 11) is 0. The van der Waals surface area contributed by atoms with Crippen LogP contribution in [0.2, 0.25) is 0 Å². The number of primary amides is 1. The standard InChI is InChI=1S/C24H26N6O2/c25-13-19-6-8-20(9-7-19)16-30-17-28-15-21(30)14-27-11-10-23(31)29-22(24(26)32)12-18-4-2-1-3-5-18/h1-9,15,17,22,27H,10-12,14,16H2,(H2,26,32)(H,29,31)/t22-/m0/s1. The van der Waals surface area contributed by atoms with Crippen molar-refractivity contribution in [3.63, 3.8) is 0 Å². The van der Waals surface area contributed by atoms with E-state index in [1.165, 1.54) is 0 Å². The fourth-order valence-corrected chi connectivity index (χ4v) is 3.28. The number of nitrogens with two attached hydrogens (primary N) is 1. The van der Waals surface area contributed by atoms with Crippen molar-refractivity contribution in [3.05, 3.63) is 89.5 Å². The molecule has 4 N–H and O–H groups in total. The van der Waals surface area contributed by atoms with E-state index in [9.17, 15) is 9.59 Å². The molecule has 0 fully saturated rings. The van der Waals surface area contributed by atoms with E-state index in [-0.39, 0.29) is 12.3 Å². The van der Waals surface area contributed by atoms with Crippen molar-refractivity contribution in [2.75, 3.05) is 6.54 Å². The molecule has 0 saturated heterocycles. The molecule has 164 valence electrons. The zero-order valence-corrected chi connectivity index (χ0v) is 17.7. The summed E-state index contributed by atoms with van der Waals surface area (Å²) in [6.07, 6.45) is 4.12. The van der Waals surface area contributed by atoms with E-state index in [0.717, 1.165) is 16.8 Å². The van der Waals surface area contributed by atoms with E-state index in [0.29, 0.717) is 31.6 Å². The number of nitrogens with one attached hydrogen (secondary N) is 2. The summed E-state index contributed by atoms with van der Waals surface area (Å²) in [5.41, 5.74) is 9.06. The smallest absolute Gasteiger partial charge is 0.240 e. The molecule has 1 aromatic heterocycles. The summed E-state index contributed by atoms with van der Waals surface area (Å²) >= 11 is 0. The van der Waals surface area contributed by atoms with E-state index in [4.69, 9.17) is 11.0 Å². The number of carbonyl (C=O) groups is 2. The number of hydrogen-bond acceptors (Lipinski definition) is 5. The Morgan fingerprint density at radius 2 is 1.84 bits per heavy atom. The fourth-order valence-electron chi connectivity index (χ4n) is 3.28. The van der Waals surface area contributed by atoms with Crippen molar-refractivity contribution in [2.45, 2.75) is 32.0 Å². The predicted octanol–water partition coefficient (Wildman–Crippen LogP) is 1.50. The summed E-state index contributed by atoms with van der Waals surface area (Å²) in [5.74, 6) is -0.787. The molecule has 0 aliphatic heterocycles. The largest absolute Gasteiger partial charge is 0.368 e. The molecule has 2 aromatic carbocycles. The molecule has 0 radical (unpaired) electrons. The lowest BCUT2D eigenvalue weighted by Crippen LogP contribution is -2.46. The third-order valence-corrected chi connectivity index (χ3v) is 5.03. The van der Waals surface area contributed by atoms with Gasteiger partial charge in [0.1, 0.15) is 6.04 Å². The lowest BCUT2D eigenvalue weighted by Gasteiger charge is -2.16. The van der Waals surface area contributed by atoms with E-state index in [1.807, 2.05) is 47.0 Å². The van der Waals surface area contributed by atoms with Crippen LogP contribution in [-0.2, 0) is 29.1 Å². The normalized spacial score (nSPS) is 11.5. The van der Waals surface area contributed by atoms with E-state index >= 15 is 0 Å². The van der Waals surface area contributed by atoms with E-state index in [2.05, 4.69) is 21.7 Å². The number of benzene rings is 2. The van der Waals surface area contributed by atoms with E-state index in [1.54, 1.807) is 24.7 Å². The van der Waals surface area contributed by atoms with Gasteiger partial charge in [0.2, 0.25) is 11.8 Å². The minimum absolute atomic E-state index is 0.225. The third-order valence-electron chi connectivity index (χ3n) is 5.03. The highest BCUT2D eigenvalue weighted by Crippen LogP contribution is 2.08. The first-order chi connectivity index (χ1) is 15.5. The molecule has 3 aromatic rings. The molecule has 2 amide bonds. The maximum atomic E-state index is 12.3. The highest BCUT2D eigenvalue weighted by Gasteiger charge is 2.18. The first-order valence-corrected chi connectivity index (χ1v) is 10.4. The summed E-state index contributed by atoms with van der Waals surface area (Å²) in [6, 6.07) is 18.2. The number of nitrogens with zero attached hydrogens (tertiary/aromatic N) is 3. The Morgan fingerprint density at radius 1 is 1.09 bits per heavy atom. The van der Waals surface area contributed by atoms with Gasteiger partial charge in [0.25, 0.3) is 0 Å². The van der Waals surface area contributed by atoms with Crippen LogP contribution in [0.5, 0.6) is 0 Å². The molecule has 0 bridgehead atoms. The van der Waals surface area contributed by atoms with Crippen LogP contribution in [0.1, 0.15) is 28.8 Å². The summed E-state index contributed by atoms with van der Waals surface area (Å²) in [5, 5.41) is 14.9.